The van der Waals surface area contributed by atoms with Crippen LogP contribution in [0, 0.1) is 34.9 Å². The zero-order valence-electron chi connectivity index (χ0n) is 21.1. The highest BCUT2D eigenvalue weighted by Gasteiger charge is 2.45. The highest BCUT2D eigenvalue weighted by molar-refractivity contribution is 6.00. The number of imidazole rings is 1. The van der Waals surface area contributed by atoms with Crippen molar-refractivity contribution in [2.45, 2.75) is 57.5 Å². The lowest BCUT2D eigenvalue weighted by Crippen LogP contribution is -2.48. The van der Waals surface area contributed by atoms with Crippen molar-refractivity contribution in [3.8, 4) is 11.8 Å². The van der Waals surface area contributed by atoms with E-state index in [4.69, 9.17) is 4.74 Å². The molecule has 2 N–H and O–H groups in total. The van der Waals surface area contributed by atoms with Crippen LogP contribution in [0.5, 0.6) is 0 Å². The van der Waals surface area contributed by atoms with Gasteiger partial charge in [-0.3, -0.25) is 19.2 Å². The summed E-state index contributed by atoms with van der Waals surface area (Å²) in [7, 11) is 0. The van der Waals surface area contributed by atoms with Crippen LogP contribution in [-0.2, 0) is 19.1 Å². The van der Waals surface area contributed by atoms with Gasteiger partial charge in [0.15, 0.2) is 5.78 Å². The molecule has 0 bridgehead atoms. The van der Waals surface area contributed by atoms with Gasteiger partial charge in [-0.05, 0) is 56.7 Å². The molecule has 2 aliphatic rings. The molecule has 4 rings (SSSR count). The largest absolute Gasteiger partial charge is 0.466 e. The molecule has 0 radical (unpaired) electrons. The van der Waals surface area contributed by atoms with E-state index in [-0.39, 0.29) is 36.0 Å². The number of nitrogens with zero attached hydrogens (tertiary/aromatic N) is 3. The second-order valence-electron chi connectivity index (χ2n) is 9.67. The number of nitrogens with one attached hydrogen (secondary N) is 2. The van der Waals surface area contributed by atoms with E-state index >= 15 is 0 Å². The fraction of sp³-hybridized carbons (Fsp3) is 0.481. The summed E-state index contributed by atoms with van der Waals surface area (Å²) >= 11 is 0. The van der Waals surface area contributed by atoms with E-state index in [0.717, 1.165) is 18.9 Å². The number of halogens is 1. The predicted octanol–water partition coefficient (Wildman–Crippen LogP) is 2.47. The van der Waals surface area contributed by atoms with Crippen molar-refractivity contribution in [2.24, 2.45) is 17.8 Å². The average molecular weight is 524 g/mol. The lowest BCUT2D eigenvalue weighted by atomic mass is 9.86. The number of esters is 1. The third-order valence-electron chi connectivity index (χ3n) is 7.05. The normalized spacial score (nSPS) is 20.1. The molecular weight excluding hydrogens is 493 g/mol. The van der Waals surface area contributed by atoms with Crippen molar-refractivity contribution in [2.75, 3.05) is 6.61 Å². The smallest absolute Gasteiger partial charge is 0.308 e. The van der Waals surface area contributed by atoms with Gasteiger partial charge in [-0.15, -0.1) is 0 Å². The number of ketones is 1. The number of carbonyl (C=O) groups excluding carboxylic acids is 4. The lowest BCUT2D eigenvalue weighted by molar-refractivity contribution is -0.143. The Morgan fingerprint density at radius 2 is 1.95 bits per heavy atom. The summed E-state index contributed by atoms with van der Waals surface area (Å²) in [6.45, 7) is 1.81. The van der Waals surface area contributed by atoms with Crippen LogP contribution in [0.15, 0.2) is 36.9 Å². The number of Topliss-reactive ketones (excluding diaryl/α,β-unsaturated/α-hetero) is 1. The number of amides is 2. The molecule has 2 aromatic rings. The standard InChI is InChI=1S/C27H30FN5O5/c1-2-38-23(34)13-18(14-29)31-27(37)20-5-3-4-19(20)25(35)24(16-6-7-16)32-26(36)17-8-9-22(21(28)12-17)33-11-10-30-15-33/h8-12,15-16,18-20,24H,2-7,13H2,1H3,(H,31,37)(H,32,36). The Morgan fingerprint density at radius 1 is 1.18 bits per heavy atom. The summed E-state index contributed by atoms with van der Waals surface area (Å²) in [6.07, 6.45) is 7.41. The highest BCUT2D eigenvalue weighted by atomic mass is 19.1. The number of benzene rings is 1. The van der Waals surface area contributed by atoms with Crippen molar-refractivity contribution in [1.29, 1.82) is 5.26 Å². The molecule has 2 fully saturated rings. The minimum Gasteiger partial charge on any atom is -0.466 e. The summed E-state index contributed by atoms with van der Waals surface area (Å²) < 4.78 is 21.0. The van der Waals surface area contributed by atoms with Gasteiger partial charge in [-0.25, -0.2) is 9.37 Å². The molecular formula is C27H30FN5O5. The van der Waals surface area contributed by atoms with Gasteiger partial charge in [0.1, 0.15) is 11.9 Å². The van der Waals surface area contributed by atoms with Crippen LogP contribution in [0.4, 0.5) is 4.39 Å². The van der Waals surface area contributed by atoms with Crippen LogP contribution >= 0.6 is 0 Å². The summed E-state index contributed by atoms with van der Waals surface area (Å²) in [5.41, 5.74) is 0.327. The molecule has 4 unspecified atom stereocenters. The minimum atomic E-state index is -1.06. The number of hydrogen-bond acceptors (Lipinski definition) is 7. The maximum Gasteiger partial charge on any atom is 0.308 e. The molecule has 1 aromatic carbocycles. The molecule has 2 amide bonds. The van der Waals surface area contributed by atoms with E-state index in [1.54, 1.807) is 13.1 Å². The van der Waals surface area contributed by atoms with Crippen LogP contribution in [0.3, 0.4) is 0 Å². The van der Waals surface area contributed by atoms with E-state index in [2.05, 4.69) is 15.6 Å². The number of hydrogen-bond donors (Lipinski definition) is 2. The molecule has 10 nitrogen and oxygen atoms in total. The fourth-order valence-corrected chi connectivity index (χ4v) is 4.97. The maximum absolute atomic E-state index is 14.7. The Morgan fingerprint density at radius 3 is 2.58 bits per heavy atom. The fourth-order valence-electron chi connectivity index (χ4n) is 4.97. The maximum atomic E-state index is 14.7. The SMILES string of the molecule is CCOC(=O)CC(C#N)NC(=O)C1CCCC1C(=O)C(NC(=O)c1ccc(-n2ccnc2)c(F)c1)C1CC1. The highest BCUT2D eigenvalue weighted by Crippen LogP contribution is 2.39. The molecule has 1 aromatic heterocycles. The van der Waals surface area contributed by atoms with Crippen molar-refractivity contribution in [3.63, 3.8) is 0 Å². The van der Waals surface area contributed by atoms with Crippen molar-refractivity contribution >= 4 is 23.6 Å². The molecule has 4 atom stereocenters. The minimum absolute atomic E-state index is 0.0403. The zero-order chi connectivity index (χ0) is 27.2. The molecule has 1 heterocycles. The van der Waals surface area contributed by atoms with Gasteiger partial charge in [0.25, 0.3) is 5.91 Å². The van der Waals surface area contributed by atoms with E-state index in [0.29, 0.717) is 19.3 Å². The Balaban J connectivity index is 1.42. The Kier molecular flexibility index (Phi) is 8.51. The first-order valence-electron chi connectivity index (χ1n) is 12.8. The molecule has 2 aliphatic carbocycles. The Labute approximate surface area is 219 Å². The van der Waals surface area contributed by atoms with Crippen molar-refractivity contribution < 1.29 is 28.3 Å². The van der Waals surface area contributed by atoms with Gasteiger partial charge in [0.2, 0.25) is 5.91 Å². The molecule has 38 heavy (non-hydrogen) atoms. The monoisotopic (exact) mass is 523 g/mol. The van der Waals surface area contributed by atoms with Gasteiger partial charge in [-0.1, -0.05) is 6.42 Å². The van der Waals surface area contributed by atoms with E-state index in [1.165, 1.54) is 29.2 Å². The summed E-state index contributed by atoms with van der Waals surface area (Å²) in [5, 5.41) is 14.7. The summed E-state index contributed by atoms with van der Waals surface area (Å²) in [4.78, 5) is 55.2. The van der Waals surface area contributed by atoms with Gasteiger partial charge < -0.3 is 19.9 Å². The van der Waals surface area contributed by atoms with Crippen LogP contribution < -0.4 is 10.6 Å². The first-order valence-corrected chi connectivity index (χ1v) is 12.8. The molecule has 200 valence electrons. The van der Waals surface area contributed by atoms with E-state index < -0.39 is 47.5 Å². The predicted molar refractivity (Wildman–Crippen MR) is 132 cm³/mol. The van der Waals surface area contributed by atoms with Crippen molar-refractivity contribution in [1.82, 2.24) is 20.2 Å². The Bertz CT molecular complexity index is 1240. The number of rotatable bonds is 11. The van der Waals surface area contributed by atoms with Gasteiger partial charge in [0.05, 0.1) is 37.2 Å². The number of ether oxygens (including phenoxy) is 1. The van der Waals surface area contributed by atoms with Crippen LogP contribution in [-0.4, -0.2) is 51.8 Å². The lowest BCUT2D eigenvalue weighted by Gasteiger charge is -2.25. The zero-order valence-corrected chi connectivity index (χ0v) is 21.1. The second-order valence-corrected chi connectivity index (χ2v) is 9.67. The summed E-state index contributed by atoms with van der Waals surface area (Å²) in [6, 6.07) is 4.12. The molecule has 11 heteroatoms. The third kappa shape index (κ3) is 6.25. The number of nitriles is 1. The van der Waals surface area contributed by atoms with Crippen LogP contribution in [0.1, 0.15) is 55.8 Å². The van der Waals surface area contributed by atoms with Gasteiger partial charge >= 0.3 is 5.97 Å². The first kappa shape index (κ1) is 27.0. The molecule has 0 aliphatic heterocycles. The summed E-state index contributed by atoms with van der Waals surface area (Å²) in [5.74, 6) is -3.78. The van der Waals surface area contributed by atoms with E-state index in [9.17, 15) is 28.8 Å². The van der Waals surface area contributed by atoms with Crippen LogP contribution in [0.25, 0.3) is 5.69 Å². The van der Waals surface area contributed by atoms with Gasteiger partial charge in [-0.2, -0.15) is 5.26 Å². The average Bonchev–Trinajstić information content (AvgIpc) is 3.37. The van der Waals surface area contributed by atoms with Gasteiger partial charge in [0, 0.05) is 29.8 Å². The van der Waals surface area contributed by atoms with Crippen molar-refractivity contribution in [3.05, 3.63) is 48.3 Å². The quantitative estimate of drug-likeness (QED) is 0.431. The number of aromatic nitrogens is 2. The molecule has 0 saturated heterocycles. The Hall–Kier alpha value is -4.07. The van der Waals surface area contributed by atoms with Crippen LogP contribution in [0.2, 0.25) is 0 Å². The molecule has 0 spiro atoms. The topological polar surface area (TPSA) is 143 Å². The molecule has 2 saturated carbocycles. The second kappa shape index (κ2) is 12.0. The third-order valence-corrected chi connectivity index (χ3v) is 7.05. The first-order chi connectivity index (χ1) is 18.3. The van der Waals surface area contributed by atoms with E-state index in [1.807, 2.05) is 6.07 Å². The number of carbonyl (C=O) groups is 4.